The van der Waals surface area contributed by atoms with Gasteiger partial charge in [0, 0.05) is 35.4 Å². The molecule has 6 nitrogen and oxygen atoms in total. The molecule has 0 saturated carbocycles. The molecule has 1 aromatic heterocycles. The van der Waals surface area contributed by atoms with Gasteiger partial charge in [0.25, 0.3) is 5.91 Å². The Morgan fingerprint density at radius 3 is 2.57 bits per heavy atom. The highest BCUT2D eigenvalue weighted by atomic mass is 35.5. The molecule has 1 N–H and O–H groups in total. The monoisotopic (exact) mass is 517 g/mol. The molecule has 6 rings (SSSR count). The number of H-pyrrole nitrogens is 1. The summed E-state index contributed by atoms with van der Waals surface area (Å²) in [7, 11) is 0. The van der Waals surface area contributed by atoms with Crippen LogP contribution in [0.1, 0.15) is 46.1 Å². The van der Waals surface area contributed by atoms with Gasteiger partial charge in [0.2, 0.25) is 0 Å². The molecule has 2 aliphatic heterocycles. The fourth-order valence-corrected chi connectivity index (χ4v) is 5.36. The number of aromatic amines is 1. The summed E-state index contributed by atoms with van der Waals surface area (Å²) in [6.07, 6.45) is 1.49. The molecule has 4 aromatic rings. The van der Waals surface area contributed by atoms with Crippen molar-refractivity contribution in [2.24, 2.45) is 0 Å². The quantitative estimate of drug-likeness (QED) is 0.332. The Kier molecular flexibility index (Phi) is 6.40. The number of halogens is 2. The lowest BCUT2D eigenvalue weighted by Crippen LogP contribution is -2.42. The molecular formula is C29H25ClFN3O3. The van der Waals surface area contributed by atoms with Gasteiger partial charge >= 0.3 is 0 Å². The van der Waals surface area contributed by atoms with Gasteiger partial charge in [-0.05, 0) is 54.3 Å². The van der Waals surface area contributed by atoms with E-state index in [1.54, 1.807) is 6.07 Å². The van der Waals surface area contributed by atoms with Gasteiger partial charge in [0.1, 0.15) is 29.6 Å². The van der Waals surface area contributed by atoms with Crippen molar-refractivity contribution in [3.8, 4) is 17.0 Å². The number of fused-ring (bicyclic) bond motifs is 1. The van der Waals surface area contributed by atoms with Gasteiger partial charge in [-0.25, -0.2) is 4.39 Å². The minimum absolute atomic E-state index is 0.0110. The number of amides is 1. The predicted molar refractivity (Wildman–Crippen MR) is 138 cm³/mol. The van der Waals surface area contributed by atoms with Crippen LogP contribution in [0.5, 0.6) is 5.75 Å². The first kappa shape index (κ1) is 23.7. The highest BCUT2D eigenvalue weighted by molar-refractivity contribution is 6.30. The molecule has 1 atom stereocenters. The SMILES string of the molecule is O=C1c2[nH]nc(-c3cc(F)ccc3OCc3ccccc3)c2C(c2ccc(Cl)cc2)N1C1CCOCC1. The van der Waals surface area contributed by atoms with Crippen molar-refractivity contribution >= 4 is 17.5 Å². The number of aromatic nitrogens is 2. The summed E-state index contributed by atoms with van der Waals surface area (Å²) in [4.78, 5) is 15.7. The summed E-state index contributed by atoms with van der Waals surface area (Å²) < 4.78 is 26.3. The van der Waals surface area contributed by atoms with Crippen LogP contribution in [0.2, 0.25) is 5.02 Å². The van der Waals surface area contributed by atoms with Crippen molar-refractivity contribution < 1.29 is 18.7 Å². The molecule has 37 heavy (non-hydrogen) atoms. The smallest absolute Gasteiger partial charge is 0.273 e. The maximum atomic E-state index is 14.6. The van der Waals surface area contributed by atoms with Crippen molar-refractivity contribution in [3.63, 3.8) is 0 Å². The molecule has 3 heterocycles. The fourth-order valence-electron chi connectivity index (χ4n) is 5.23. The number of carbonyl (C=O) groups is 1. The van der Waals surface area contributed by atoms with E-state index in [2.05, 4.69) is 10.2 Å². The highest BCUT2D eigenvalue weighted by Gasteiger charge is 2.45. The molecule has 8 heteroatoms. The van der Waals surface area contributed by atoms with Gasteiger partial charge in [-0.1, -0.05) is 54.1 Å². The number of ether oxygens (including phenoxy) is 2. The van der Waals surface area contributed by atoms with E-state index >= 15 is 0 Å². The lowest BCUT2D eigenvalue weighted by molar-refractivity contribution is 0.0246. The van der Waals surface area contributed by atoms with Gasteiger partial charge in [0.15, 0.2) is 0 Å². The van der Waals surface area contributed by atoms with E-state index in [1.807, 2.05) is 59.5 Å². The minimum atomic E-state index is -0.410. The Labute approximate surface area is 219 Å². The minimum Gasteiger partial charge on any atom is -0.488 e. The third kappa shape index (κ3) is 4.49. The summed E-state index contributed by atoms with van der Waals surface area (Å²) in [5, 5.41) is 8.09. The molecule has 1 unspecified atom stereocenters. The standard InChI is InChI=1S/C29H25ClFN3O3/c30-20-8-6-19(7-9-20)28-25-26(32-33-27(25)29(35)34(28)22-12-14-36-15-13-22)23-16-21(31)10-11-24(23)37-17-18-4-2-1-3-5-18/h1-11,16,22,28H,12-15,17H2,(H,32,33). The zero-order chi connectivity index (χ0) is 25.4. The number of benzene rings is 3. The molecule has 0 radical (unpaired) electrons. The van der Waals surface area contributed by atoms with E-state index in [0.29, 0.717) is 53.1 Å². The second-order valence-corrected chi connectivity index (χ2v) is 9.72. The predicted octanol–water partition coefficient (Wildman–Crippen LogP) is 6.17. The third-order valence-corrected chi connectivity index (χ3v) is 7.26. The Morgan fingerprint density at radius 2 is 1.81 bits per heavy atom. The Bertz CT molecular complexity index is 1420. The summed E-state index contributed by atoms with van der Waals surface area (Å²) in [5.41, 5.74) is 4.03. The van der Waals surface area contributed by atoms with Crippen molar-refractivity contribution in [1.29, 1.82) is 0 Å². The molecule has 1 amide bonds. The number of hydrogen-bond acceptors (Lipinski definition) is 4. The molecule has 0 spiro atoms. The lowest BCUT2D eigenvalue weighted by Gasteiger charge is -2.36. The van der Waals surface area contributed by atoms with E-state index < -0.39 is 11.9 Å². The molecule has 1 saturated heterocycles. The van der Waals surface area contributed by atoms with Crippen LogP contribution in [0.15, 0.2) is 72.8 Å². The van der Waals surface area contributed by atoms with Crippen molar-refractivity contribution in [1.82, 2.24) is 15.1 Å². The number of nitrogens with zero attached hydrogens (tertiary/aromatic N) is 2. The Morgan fingerprint density at radius 1 is 1.05 bits per heavy atom. The summed E-state index contributed by atoms with van der Waals surface area (Å²) in [6, 6.07) is 21.3. The van der Waals surface area contributed by atoms with Crippen molar-refractivity contribution in [3.05, 3.63) is 106 Å². The zero-order valence-corrected chi connectivity index (χ0v) is 20.7. The Hall–Kier alpha value is -3.68. The van der Waals surface area contributed by atoms with Crippen LogP contribution < -0.4 is 4.74 Å². The van der Waals surface area contributed by atoms with Gasteiger partial charge < -0.3 is 14.4 Å². The first-order valence-electron chi connectivity index (χ1n) is 12.3. The van der Waals surface area contributed by atoms with Crippen LogP contribution in [-0.4, -0.2) is 40.3 Å². The van der Waals surface area contributed by atoms with Crippen LogP contribution in [0.25, 0.3) is 11.3 Å². The zero-order valence-electron chi connectivity index (χ0n) is 20.0. The summed E-state index contributed by atoms with van der Waals surface area (Å²) >= 11 is 6.19. The molecule has 188 valence electrons. The van der Waals surface area contributed by atoms with Gasteiger partial charge in [-0.15, -0.1) is 0 Å². The average molecular weight is 518 g/mol. The topological polar surface area (TPSA) is 67.5 Å². The maximum absolute atomic E-state index is 14.6. The first-order valence-corrected chi connectivity index (χ1v) is 12.7. The molecular weight excluding hydrogens is 493 g/mol. The third-order valence-electron chi connectivity index (χ3n) is 7.01. The fraction of sp³-hybridized carbons (Fsp3) is 0.241. The summed E-state index contributed by atoms with van der Waals surface area (Å²) in [5.74, 6) is -0.0393. The first-order chi connectivity index (χ1) is 18.1. The van der Waals surface area contributed by atoms with E-state index in [1.165, 1.54) is 12.1 Å². The lowest BCUT2D eigenvalue weighted by atomic mass is 9.94. The Balaban J connectivity index is 1.45. The van der Waals surface area contributed by atoms with E-state index in [9.17, 15) is 9.18 Å². The highest BCUT2D eigenvalue weighted by Crippen LogP contribution is 2.46. The van der Waals surface area contributed by atoms with E-state index in [4.69, 9.17) is 21.1 Å². The second kappa shape index (κ2) is 10.00. The number of hydrogen-bond donors (Lipinski definition) is 1. The van der Waals surface area contributed by atoms with E-state index in [0.717, 1.165) is 24.0 Å². The molecule has 1 fully saturated rings. The number of carbonyl (C=O) groups excluding carboxylic acids is 1. The second-order valence-electron chi connectivity index (χ2n) is 9.29. The van der Waals surface area contributed by atoms with Gasteiger partial charge in [0.05, 0.1) is 6.04 Å². The molecule has 2 aliphatic rings. The summed E-state index contributed by atoms with van der Waals surface area (Å²) in [6.45, 7) is 1.52. The molecule has 0 aliphatic carbocycles. The maximum Gasteiger partial charge on any atom is 0.273 e. The normalized spacial score (nSPS) is 17.7. The number of rotatable bonds is 6. The molecule has 0 bridgehead atoms. The van der Waals surface area contributed by atoms with Crippen LogP contribution >= 0.6 is 11.6 Å². The number of nitrogens with one attached hydrogen (secondary N) is 1. The van der Waals surface area contributed by atoms with Crippen LogP contribution in [0, 0.1) is 5.82 Å². The largest absolute Gasteiger partial charge is 0.488 e. The average Bonchev–Trinajstić information content (AvgIpc) is 3.48. The van der Waals surface area contributed by atoms with Crippen LogP contribution in [-0.2, 0) is 11.3 Å². The van der Waals surface area contributed by atoms with Gasteiger partial charge in [-0.3, -0.25) is 9.89 Å². The molecule has 3 aromatic carbocycles. The van der Waals surface area contributed by atoms with E-state index in [-0.39, 0.29) is 11.9 Å². The van der Waals surface area contributed by atoms with Crippen LogP contribution in [0.4, 0.5) is 4.39 Å². The van der Waals surface area contributed by atoms with Crippen molar-refractivity contribution in [2.75, 3.05) is 13.2 Å². The van der Waals surface area contributed by atoms with Crippen LogP contribution in [0.3, 0.4) is 0 Å². The van der Waals surface area contributed by atoms with Gasteiger partial charge in [-0.2, -0.15) is 5.10 Å². The van der Waals surface area contributed by atoms with Crippen molar-refractivity contribution in [2.45, 2.75) is 31.5 Å².